The molecule has 4 aliphatic heterocycles. The van der Waals surface area contributed by atoms with Gasteiger partial charge in [-0.25, -0.2) is 0 Å². The highest BCUT2D eigenvalue weighted by atomic mass is 16.7. The molecular formula is C48H75N3O9. The Balaban J connectivity index is 1.36. The van der Waals surface area contributed by atoms with Gasteiger partial charge in [-0.15, -0.1) is 0 Å². The van der Waals surface area contributed by atoms with Gasteiger partial charge in [0.2, 0.25) is 0 Å². The molecule has 0 aliphatic carbocycles. The van der Waals surface area contributed by atoms with Gasteiger partial charge >= 0.3 is 5.97 Å². The Labute approximate surface area is 359 Å². The molecule has 2 aromatic carbocycles. The van der Waals surface area contributed by atoms with Crippen molar-refractivity contribution in [1.82, 2.24) is 14.7 Å². The minimum Gasteiger partial charge on any atom is -0.459 e. The molecule has 336 valence electrons. The highest BCUT2D eigenvalue weighted by molar-refractivity contribution is 5.73. The molecule has 0 aromatic heterocycles. The van der Waals surface area contributed by atoms with E-state index in [9.17, 15) is 20.1 Å². The van der Waals surface area contributed by atoms with Crippen molar-refractivity contribution < 1.29 is 43.8 Å². The van der Waals surface area contributed by atoms with E-state index in [0.717, 1.165) is 6.54 Å². The average molecular weight is 838 g/mol. The number of nitrogens with zero attached hydrogens (tertiary/aromatic N) is 3. The topological polar surface area (TPSA) is 134 Å². The van der Waals surface area contributed by atoms with Gasteiger partial charge in [0, 0.05) is 57.0 Å². The van der Waals surface area contributed by atoms with Crippen molar-refractivity contribution in [3.8, 4) is 11.1 Å². The number of cyclic esters (lactones) is 1. The Morgan fingerprint density at radius 1 is 0.933 bits per heavy atom. The zero-order valence-corrected chi connectivity index (χ0v) is 38.1. The molecule has 4 fully saturated rings. The fraction of sp³-hybridized carbons (Fsp3) is 0.729. The van der Waals surface area contributed by atoms with E-state index in [2.05, 4.69) is 72.2 Å². The molecule has 14 atom stereocenters. The molecule has 12 nitrogen and oxygen atoms in total. The van der Waals surface area contributed by atoms with Crippen LogP contribution in [0.1, 0.15) is 93.1 Å². The largest absolute Gasteiger partial charge is 0.459 e. The number of ether oxygens (including phenoxy) is 5. The van der Waals surface area contributed by atoms with Crippen LogP contribution in [0.3, 0.4) is 0 Å². The number of fused-ring (bicyclic) bond motifs is 3. The van der Waals surface area contributed by atoms with E-state index >= 15 is 0 Å². The molecule has 0 unspecified atom stereocenters. The minimum absolute atomic E-state index is 0.0264. The smallest absolute Gasteiger partial charge is 0.311 e. The predicted octanol–water partition coefficient (Wildman–Crippen LogP) is 5.70. The summed E-state index contributed by atoms with van der Waals surface area (Å²) < 4.78 is 34.5. The summed E-state index contributed by atoms with van der Waals surface area (Å²) in [7, 11) is 5.86. The molecule has 4 heterocycles. The lowest BCUT2D eigenvalue weighted by Crippen LogP contribution is -2.60. The first-order valence-corrected chi connectivity index (χ1v) is 22.5. The number of piperidine rings is 1. The second-order valence-electron chi connectivity index (χ2n) is 19.5. The van der Waals surface area contributed by atoms with E-state index in [-0.39, 0.29) is 18.1 Å². The lowest BCUT2D eigenvalue weighted by Gasteiger charge is -2.49. The molecule has 4 saturated heterocycles. The second kappa shape index (κ2) is 19.1. The molecule has 12 heteroatoms. The van der Waals surface area contributed by atoms with Gasteiger partial charge in [0.05, 0.1) is 29.8 Å². The maximum atomic E-state index is 14.4. The molecule has 2 bridgehead atoms. The van der Waals surface area contributed by atoms with E-state index in [1.165, 1.54) is 16.7 Å². The van der Waals surface area contributed by atoms with Crippen LogP contribution in [0.5, 0.6) is 0 Å². The third kappa shape index (κ3) is 10.1. The average Bonchev–Trinajstić information content (AvgIpc) is 3.29. The summed E-state index contributed by atoms with van der Waals surface area (Å²) in [6.07, 6.45) is -2.95. The summed E-state index contributed by atoms with van der Waals surface area (Å²) in [5.74, 6) is -2.78. The number of aliphatic hydroxyl groups excluding tert-OH is 2. The van der Waals surface area contributed by atoms with Crippen LogP contribution in [-0.4, -0.2) is 149 Å². The van der Waals surface area contributed by atoms with Crippen molar-refractivity contribution >= 4 is 5.97 Å². The van der Waals surface area contributed by atoms with Gasteiger partial charge in [0.25, 0.3) is 0 Å². The van der Waals surface area contributed by atoms with Crippen LogP contribution in [0.4, 0.5) is 0 Å². The lowest BCUT2D eigenvalue weighted by atomic mass is 9.78. The molecule has 0 radical (unpaired) electrons. The van der Waals surface area contributed by atoms with E-state index in [4.69, 9.17) is 23.7 Å². The normalized spacial score (nSPS) is 40.1. The molecule has 0 amide bonds. The molecule has 1 spiro atoms. The number of hydrogen-bond acceptors (Lipinski definition) is 12. The SMILES string of the molecule is CC[C@H]1OC(=O)[C@H](C)[C@H]2OC3(CCN(Cc4ccc(-c5ccccc5)cc4)CC3)O[C@](C)(C[C@@H](C)CN(C)[C@H](C)[C@@H](O)[C@]1(C)O)[C@H](O[C@@H]1O[C@H](C)C[C@H](N(C)C)[C@H]1O)[C@H]2C. The van der Waals surface area contributed by atoms with Crippen molar-refractivity contribution in [2.24, 2.45) is 17.8 Å². The number of carbonyl (C=O) groups excluding carboxylic acids is 1. The Morgan fingerprint density at radius 2 is 1.57 bits per heavy atom. The van der Waals surface area contributed by atoms with Crippen molar-refractivity contribution in [3.05, 3.63) is 60.2 Å². The summed E-state index contributed by atoms with van der Waals surface area (Å²) >= 11 is 0. The minimum atomic E-state index is -1.71. The van der Waals surface area contributed by atoms with Crippen molar-refractivity contribution in [2.75, 3.05) is 40.8 Å². The van der Waals surface area contributed by atoms with Gasteiger partial charge in [-0.3, -0.25) is 9.69 Å². The van der Waals surface area contributed by atoms with Crippen LogP contribution in [0, 0.1) is 17.8 Å². The summed E-state index contributed by atoms with van der Waals surface area (Å²) in [6, 6.07) is 18.5. The zero-order valence-electron chi connectivity index (χ0n) is 38.1. The van der Waals surface area contributed by atoms with Gasteiger partial charge in [0.15, 0.2) is 12.1 Å². The third-order valence-electron chi connectivity index (χ3n) is 14.3. The van der Waals surface area contributed by atoms with Gasteiger partial charge in [-0.2, -0.15) is 0 Å². The first-order chi connectivity index (χ1) is 28.3. The van der Waals surface area contributed by atoms with Gasteiger partial charge in [-0.05, 0) is 97.6 Å². The Kier molecular flexibility index (Phi) is 15.0. The maximum Gasteiger partial charge on any atom is 0.311 e. The number of esters is 1. The number of hydrogen-bond donors (Lipinski definition) is 3. The number of likely N-dealkylation sites (tertiary alicyclic amines) is 1. The van der Waals surface area contributed by atoms with Crippen LogP contribution >= 0.6 is 0 Å². The fourth-order valence-electron chi connectivity index (χ4n) is 10.7. The molecule has 4 aliphatic rings. The van der Waals surface area contributed by atoms with E-state index in [0.29, 0.717) is 51.7 Å². The summed E-state index contributed by atoms with van der Waals surface area (Å²) in [6.45, 7) is 18.2. The number of carbonyl (C=O) groups is 1. The predicted molar refractivity (Wildman–Crippen MR) is 232 cm³/mol. The maximum absolute atomic E-state index is 14.4. The first kappa shape index (κ1) is 47.0. The zero-order chi connectivity index (χ0) is 43.7. The fourth-order valence-corrected chi connectivity index (χ4v) is 10.7. The molecular weight excluding hydrogens is 763 g/mol. The van der Waals surface area contributed by atoms with Crippen LogP contribution < -0.4 is 0 Å². The molecule has 2 aromatic rings. The Bertz CT molecular complexity index is 1690. The van der Waals surface area contributed by atoms with Crippen LogP contribution in [0.25, 0.3) is 11.1 Å². The van der Waals surface area contributed by atoms with Crippen LogP contribution in [-0.2, 0) is 35.0 Å². The molecule has 0 saturated carbocycles. The Morgan fingerprint density at radius 3 is 2.18 bits per heavy atom. The molecule has 60 heavy (non-hydrogen) atoms. The van der Waals surface area contributed by atoms with Crippen molar-refractivity contribution in [1.29, 1.82) is 0 Å². The number of aliphatic hydroxyl groups is 3. The highest BCUT2D eigenvalue weighted by Crippen LogP contribution is 2.48. The monoisotopic (exact) mass is 838 g/mol. The van der Waals surface area contributed by atoms with E-state index in [1.54, 1.807) is 6.92 Å². The lowest BCUT2D eigenvalue weighted by molar-refractivity contribution is -0.332. The molecule has 6 rings (SSSR count). The number of likely N-dealkylation sites (N-methyl/N-ethyl adjacent to an activating group) is 2. The van der Waals surface area contributed by atoms with Gasteiger partial charge < -0.3 is 48.8 Å². The summed E-state index contributed by atoms with van der Waals surface area (Å²) in [4.78, 5) is 20.9. The molecule has 3 N–H and O–H groups in total. The van der Waals surface area contributed by atoms with Gasteiger partial charge in [-0.1, -0.05) is 75.4 Å². The summed E-state index contributed by atoms with van der Waals surface area (Å²) in [5, 5.41) is 35.2. The van der Waals surface area contributed by atoms with Crippen molar-refractivity contribution in [3.63, 3.8) is 0 Å². The number of benzene rings is 2. The first-order valence-electron chi connectivity index (χ1n) is 22.5. The van der Waals surface area contributed by atoms with E-state index < -0.39 is 77.6 Å². The highest BCUT2D eigenvalue weighted by Gasteiger charge is 2.58. The summed E-state index contributed by atoms with van der Waals surface area (Å²) in [5.41, 5.74) is 0.921. The standard InChI is InChI=1S/C48H75N3O9/c1-12-39-47(8,55)42(53)34(6)50(11)28-30(2)27-46(7)43(58-45-40(52)38(49(9)10)26-31(3)56-45)32(4)41(33(5)44(54)57-39)59-48(60-46)22-24-51(25-23-48)29-35-18-20-37(21-19-35)36-16-14-13-15-17-36/h13-21,30-34,38-43,45,52-53,55H,12,22-29H2,1-11H3/t30-,31-,32+,33-,34-,38+,39-,40-,41+,42-,43-,45+,46-,47-/m1/s1. The quantitative estimate of drug-likeness (QED) is 0.296. The second-order valence-corrected chi connectivity index (χ2v) is 19.5. The van der Waals surface area contributed by atoms with Gasteiger partial charge in [0.1, 0.15) is 23.9 Å². The third-order valence-corrected chi connectivity index (χ3v) is 14.3. The van der Waals surface area contributed by atoms with Crippen LogP contribution in [0.2, 0.25) is 0 Å². The van der Waals surface area contributed by atoms with Crippen LogP contribution in [0.15, 0.2) is 54.6 Å². The number of rotatable bonds is 7. The Hall–Kier alpha value is -2.49. The van der Waals surface area contributed by atoms with E-state index in [1.807, 2.05) is 66.7 Å². The van der Waals surface area contributed by atoms with Crippen molar-refractivity contribution in [2.45, 2.75) is 166 Å².